The van der Waals surface area contributed by atoms with Crippen LogP contribution < -0.4 is 21.9 Å². The molecule has 0 saturated carbocycles. The van der Waals surface area contributed by atoms with Crippen LogP contribution in [0.25, 0.3) is 5.69 Å². The Labute approximate surface area is 208 Å². The van der Waals surface area contributed by atoms with Crippen LogP contribution in [0.5, 0.6) is 0 Å². The number of nitrogens with two attached hydrogens (primary N) is 1. The van der Waals surface area contributed by atoms with Crippen LogP contribution in [0.1, 0.15) is 27.3 Å². The van der Waals surface area contributed by atoms with Gasteiger partial charge < -0.3 is 15.0 Å². The number of aryl methyl sites for hydroxylation is 2. The molecule has 2 aromatic carbocycles. The lowest BCUT2D eigenvalue weighted by Gasteiger charge is -2.24. The highest BCUT2D eigenvalue weighted by Gasteiger charge is 2.25. The van der Waals surface area contributed by atoms with E-state index >= 15 is 0 Å². The summed E-state index contributed by atoms with van der Waals surface area (Å²) in [5.41, 5.74) is 9.15. The molecule has 4 rings (SSSR count). The van der Waals surface area contributed by atoms with Crippen molar-refractivity contribution in [2.24, 2.45) is 0 Å². The molecule has 0 fully saturated rings. The van der Waals surface area contributed by atoms with E-state index in [0.717, 1.165) is 22.6 Å². The normalized spacial score (nSPS) is 11.0. The summed E-state index contributed by atoms with van der Waals surface area (Å²) in [6.45, 7) is 4.41. The van der Waals surface area contributed by atoms with Crippen LogP contribution in [0.15, 0.2) is 76.3 Å². The van der Waals surface area contributed by atoms with Gasteiger partial charge in [-0.15, -0.1) is 0 Å². The number of rotatable bonds is 8. The predicted molar refractivity (Wildman–Crippen MR) is 140 cm³/mol. The fourth-order valence-corrected chi connectivity index (χ4v) is 4.24. The number of H-pyrrole nitrogens is 1. The second-order valence-electron chi connectivity index (χ2n) is 8.51. The number of nitrogens with one attached hydrogen (secondary N) is 1. The van der Waals surface area contributed by atoms with Crippen molar-refractivity contribution < 1.29 is 9.53 Å². The van der Waals surface area contributed by atoms with Crippen molar-refractivity contribution in [1.82, 2.24) is 14.1 Å². The van der Waals surface area contributed by atoms with Gasteiger partial charge >= 0.3 is 5.69 Å². The molecule has 1 amide bonds. The van der Waals surface area contributed by atoms with Gasteiger partial charge in [-0.05, 0) is 55.8 Å². The first kappa shape index (κ1) is 24.7. The molecule has 9 nitrogen and oxygen atoms in total. The first-order chi connectivity index (χ1) is 17.3. The van der Waals surface area contributed by atoms with Gasteiger partial charge in [-0.2, -0.15) is 0 Å². The average molecular weight is 488 g/mol. The molecule has 36 heavy (non-hydrogen) atoms. The zero-order valence-corrected chi connectivity index (χ0v) is 20.5. The smallest absolute Gasteiger partial charge is 0.330 e. The summed E-state index contributed by atoms with van der Waals surface area (Å²) < 4.78 is 8.52. The molecule has 2 heterocycles. The Morgan fingerprint density at radius 3 is 2.22 bits per heavy atom. The Kier molecular flexibility index (Phi) is 7.21. The molecule has 0 bridgehead atoms. The minimum Gasteiger partial charge on any atom is -0.383 e. The molecule has 3 N–H and O–H groups in total. The average Bonchev–Trinajstić information content (AvgIpc) is 3.21. The Balaban J connectivity index is 1.74. The summed E-state index contributed by atoms with van der Waals surface area (Å²) in [5.74, 6) is -0.520. The van der Waals surface area contributed by atoms with Gasteiger partial charge in [0.1, 0.15) is 5.82 Å². The Bertz CT molecular complexity index is 1460. The van der Waals surface area contributed by atoms with Crippen molar-refractivity contribution in [2.45, 2.75) is 20.4 Å². The maximum absolute atomic E-state index is 13.6. The lowest BCUT2D eigenvalue weighted by Crippen LogP contribution is -2.42. The van der Waals surface area contributed by atoms with Crippen LogP contribution in [0.4, 0.5) is 11.5 Å². The van der Waals surface area contributed by atoms with Crippen LogP contribution in [-0.4, -0.2) is 40.3 Å². The van der Waals surface area contributed by atoms with E-state index in [1.54, 1.807) is 12.1 Å². The molecule has 2 aromatic heterocycles. The third kappa shape index (κ3) is 4.87. The second-order valence-corrected chi connectivity index (χ2v) is 8.51. The molecule has 0 aliphatic carbocycles. The predicted octanol–water partition coefficient (Wildman–Crippen LogP) is 2.87. The van der Waals surface area contributed by atoms with Crippen molar-refractivity contribution in [3.63, 3.8) is 0 Å². The third-order valence-electron chi connectivity index (χ3n) is 6.08. The molecule has 0 aliphatic rings. The number of hydrogen-bond acceptors (Lipinski definition) is 5. The fourth-order valence-electron chi connectivity index (χ4n) is 4.24. The van der Waals surface area contributed by atoms with Crippen molar-refractivity contribution in [2.75, 3.05) is 30.9 Å². The van der Waals surface area contributed by atoms with Gasteiger partial charge in [0.25, 0.3) is 11.5 Å². The van der Waals surface area contributed by atoms with E-state index in [-0.39, 0.29) is 31.2 Å². The number of methoxy groups -OCH3 is 1. The van der Waals surface area contributed by atoms with E-state index in [4.69, 9.17) is 10.5 Å². The van der Waals surface area contributed by atoms with E-state index in [9.17, 15) is 14.4 Å². The van der Waals surface area contributed by atoms with Crippen LogP contribution in [-0.2, 0) is 11.3 Å². The Hall–Kier alpha value is -4.37. The molecule has 9 heteroatoms. The van der Waals surface area contributed by atoms with E-state index in [0.29, 0.717) is 5.56 Å². The number of aromatic amines is 1. The highest BCUT2D eigenvalue weighted by molar-refractivity contribution is 6.07. The molecule has 0 radical (unpaired) electrons. The molecule has 4 aromatic rings. The first-order valence-electron chi connectivity index (χ1n) is 11.5. The first-order valence-corrected chi connectivity index (χ1v) is 11.5. The van der Waals surface area contributed by atoms with Crippen LogP contribution in [0, 0.1) is 13.8 Å². The highest BCUT2D eigenvalue weighted by atomic mass is 16.5. The third-order valence-corrected chi connectivity index (χ3v) is 6.08. The summed E-state index contributed by atoms with van der Waals surface area (Å²) in [7, 11) is 1.50. The van der Waals surface area contributed by atoms with E-state index in [2.05, 4.69) is 9.55 Å². The van der Waals surface area contributed by atoms with Gasteiger partial charge in [-0.25, -0.2) is 4.79 Å². The number of amides is 1. The number of nitrogen functional groups attached to an aromatic ring is 1. The highest BCUT2D eigenvalue weighted by Crippen LogP contribution is 2.22. The number of nitrogens with zero attached hydrogens (tertiary/aromatic N) is 3. The van der Waals surface area contributed by atoms with Crippen molar-refractivity contribution in [3.8, 4) is 5.69 Å². The van der Waals surface area contributed by atoms with Crippen LogP contribution in [0.3, 0.4) is 0 Å². The molecule has 0 saturated heterocycles. The minimum atomic E-state index is -0.735. The molecular weight excluding hydrogens is 458 g/mol. The Morgan fingerprint density at radius 1 is 0.972 bits per heavy atom. The van der Waals surface area contributed by atoms with E-state index < -0.39 is 17.2 Å². The number of carbonyl (C=O) groups is 1. The number of ether oxygens (including phenoxy) is 1. The summed E-state index contributed by atoms with van der Waals surface area (Å²) in [6, 6.07) is 20.4. The second kappa shape index (κ2) is 10.5. The Morgan fingerprint density at radius 2 is 1.61 bits per heavy atom. The van der Waals surface area contributed by atoms with Gasteiger partial charge in [-0.1, -0.05) is 30.3 Å². The molecule has 0 spiro atoms. The topological polar surface area (TPSA) is 115 Å². The monoisotopic (exact) mass is 487 g/mol. The van der Waals surface area contributed by atoms with Gasteiger partial charge in [0.2, 0.25) is 0 Å². The molecule has 186 valence electrons. The van der Waals surface area contributed by atoms with E-state index in [1.165, 1.54) is 16.6 Å². The minimum absolute atomic E-state index is 0.0731. The quantitative estimate of drug-likeness (QED) is 0.397. The number of aromatic nitrogens is 3. The summed E-state index contributed by atoms with van der Waals surface area (Å²) in [6.07, 6.45) is 0. The van der Waals surface area contributed by atoms with Crippen LogP contribution in [0.2, 0.25) is 0 Å². The number of benzene rings is 2. The zero-order chi connectivity index (χ0) is 25.8. The number of hydrogen-bond donors (Lipinski definition) is 2. The summed E-state index contributed by atoms with van der Waals surface area (Å²) in [5, 5.41) is 0. The fraction of sp³-hybridized carbons (Fsp3) is 0.222. The van der Waals surface area contributed by atoms with Gasteiger partial charge in [0.15, 0.2) is 5.69 Å². The molecule has 0 atom stereocenters. The SMILES string of the molecule is COCCN(C(=O)c1ccc(-n2c(C)ccc2C)cc1)c1c(N)n(Cc2ccccc2)c(=O)[nH]c1=O. The van der Waals surface area contributed by atoms with Crippen molar-refractivity contribution >= 4 is 17.4 Å². The van der Waals surface area contributed by atoms with E-state index in [1.807, 2.05) is 68.4 Å². The molecule has 0 aliphatic heterocycles. The van der Waals surface area contributed by atoms with Gasteiger partial charge in [-0.3, -0.25) is 24.0 Å². The lowest BCUT2D eigenvalue weighted by molar-refractivity contribution is 0.0975. The maximum atomic E-state index is 13.6. The summed E-state index contributed by atoms with van der Waals surface area (Å²) >= 11 is 0. The molecular formula is C27H29N5O4. The van der Waals surface area contributed by atoms with Gasteiger partial charge in [0.05, 0.1) is 13.2 Å². The molecule has 0 unspecified atom stereocenters. The number of carbonyl (C=O) groups excluding carboxylic acids is 1. The largest absolute Gasteiger partial charge is 0.383 e. The van der Waals surface area contributed by atoms with Crippen molar-refractivity contribution in [3.05, 3.63) is 110 Å². The standard InChI is InChI=1S/C27H29N5O4/c1-18-9-10-19(2)32(18)22-13-11-21(12-14-22)26(34)30(15-16-36-3)23-24(28)31(27(35)29-25(23)33)17-20-7-5-4-6-8-20/h4-14H,15-17,28H2,1-3H3,(H,29,33,35). The van der Waals surface area contributed by atoms with Crippen molar-refractivity contribution in [1.29, 1.82) is 0 Å². The van der Waals surface area contributed by atoms with Gasteiger partial charge in [0, 0.05) is 36.3 Å². The summed E-state index contributed by atoms with van der Waals surface area (Å²) in [4.78, 5) is 42.7. The maximum Gasteiger partial charge on any atom is 0.330 e. The zero-order valence-electron chi connectivity index (χ0n) is 20.5. The lowest BCUT2D eigenvalue weighted by atomic mass is 10.1. The number of anilines is 2. The van der Waals surface area contributed by atoms with Crippen LogP contribution >= 0.6 is 0 Å².